The molecule has 0 aliphatic heterocycles. The van der Waals surface area contributed by atoms with Crippen LogP contribution in [-0.2, 0) is 30.7 Å². The molecule has 4 fully saturated rings. The number of imidazole rings is 1. The third kappa shape index (κ3) is 5.62. The van der Waals surface area contributed by atoms with Crippen molar-refractivity contribution in [2.75, 3.05) is 13.7 Å². The number of methoxy groups -OCH3 is 1. The number of benzene rings is 1. The molecule has 0 spiro atoms. The highest BCUT2D eigenvalue weighted by molar-refractivity contribution is 5.97. The summed E-state index contributed by atoms with van der Waals surface area (Å²) in [6.45, 7) is -0.265. The molecule has 4 aliphatic carbocycles. The first-order chi connectivity index (χ1) is 18.3. The minimum Gasteiger partial charge on any atom is -0.465 e. The van der Waals surface area contributed by atoms with Crippen LogP contribution in [0, 0.1) is 5.92 Å². The van der Waals surface area contributed by atoms with E-state index >= 15 is 0 Å². The van der Waals surface area contributed by atoms with E-state index in [9.17, 15) is 35.9 Å². The van der Waals surface area contributed by atoms with Crippen LogP contribution in [0.3, 0.4) is 0 Å². The summed E-state index contributed by atoms with van der Waals surface area (Å²) in [5.41, 5.74) is -1.03. The fourth-order valence-electron chi connectivity index (χ4n) is 5.75. The lowest BCUT2D eigenvalue weighted by atomic mass is 9.76. The normalized spacial score (nSPS) is 28.0. The highest BCUT2D eigenvalue weighted by Crippen LogP contribution is 2.57. The number of aromatic nitrogens is 2. The van der Waals surface area contributed by atoms with E-state index in [0.29, 0.717) is 12.1 Å². The lowest BCUT2D eigenvalue weighted by Crippen LogP contribution is -2.44. The highest BCUT2D eigenvalue weighted by Gasteiger charge is 2.57. The number of hydrogen-bond donors (Lipinski definition) is 1. The molecule has 0 saturated heterocycles. The van der Waals surface area contributed by atoms with Gasteiger partial charge in [-0.3, -0.25) is 9.53 Å². The summed E-state index contributed by atoms with van der Waals surface area (Å²) >= 11 is 0. The molecule has 2 aromatic rings. The molecule has 14 heteroatoms. The number of esters is 1. The number of hydrogen-bond acceptors (Lipinski definition) is 6. The van der Waals surface area contributed by atoms with Crippen LogP contribution in [0.25, 0.3) is 11.3 Å². The molecule has 39 heavy (non-hydrogen) atoms. The second kappa shape index (κ2) is 9.81. The zero-order chi connectivity index (χ0) is 28.2. The van der Waals surface area contributed by atoms with Gasteiger partial charge >= 0.3 is 18.5 Å². The summed E-state index contributed by atoms with van der Waals surface area (Å²) in [6.07, 6.45) is -5.25. The van der Waals surface area contributed by atoms with Gasteiger partial charge in [-0.25, -0.2) is 9.78 Å². The Bertz CT molecular complexity index is 1250. The van der Waals surface area contributed by atoms with Gasteiger partial charge in [0.1, 0.15) is 6.61 Å². The number of nitrogens with zero attached hydrogens (tertiary/aromatic N) is 2. The maximum Gasteiger partial charge on any atom is 0.522 e. The standard InChI is InChI=1S/C25H25F6N3O5/c1-37-22(36)18-4-14(24(26,27)28)2-3-17(18)20-10-34(12-32-20)23-7-13(8-23)19(9-23)33-21(35)11-38-15-5-16(6-15)39-25(29,30)31/h2-4,10,12-13,15-16,19H,5-9,11H2,1H3,(H,33,35)/t13?,15-,16+,19?,23?. The van der Waals surface area contributed by atoms with E-state index in [1.807, 2.05) is 4.57 Å². The Morgan fingerprint density at radius 2 is 1.82 bits per heavy atom. The van der Waals surface area contributed by atoms with Crippen molar-refractivity contribution in [1.29, 1.82) is 0 Å². The van der Waals surface area contributed by atoms with E-state index in [2.05, 4.69) is 19.8 Å². The molecule has 1 heterocycles. The Balaban J connectivity index is 1.18. The second-order valence-electron chi connectivity index (χ2n) is 10.3. The van der Waals surface area contributed by atoms with Crippen LogP contribution in [0.4, 0.5) is 26.3 Å². The summed E-state index contributed by atoms with van der Waals surface area (Å²) in [5.74, 6) is -1.06. The molecule has 4 aliphatic rings. The van der Waals surface area contributed by atoms with Gasteiger partial charge in [0.25, 0.3) is 0 Å². The molecule has 1 aromatic heterocycles. The van der Waals surface area contributed by atoms with Gasteiger partial charge in [0.15, 0.2) is 0 Å². The molecule has 1 N–H and O–H groups in total. The molecule has 4 saturated carbocycles. The van der Waals surface area contributed by atoms with Crippen molar-refractivity contribution in [2.45, 2.75) is 68.4 Å². The molecule has 1 aromatic carbocycles. The molecule has 0 radical (unpaired) electrons. The number of carbonyl (C=O) groups excluding carboxylic acids is 2. The minimum absolute atomic E-state index is 0.0710. The quantitative estimate of drug-likeness (QED) is 0.379. The van der Waals surface area contributed by atoms with E-state index in [1.165, 1.54) is 6.07 Å². The van der Waals surface area contributed by atoms with Crippen molar-refractivity contribution in [3.05, 3.63) is 41.9 Å². The lowest BCUT2D eigenvalue weighted by Gasteiger charge is -2.39. The fourth-order valence-corrected chi connectivity index (χ4v) is 5.75. The predicted octanol–water partition coefficient (Wildman–Crippen LogP) is 4.43. The van der Waals surface area contributed by atoms with Crippen LogP contribution in [0.1, 0.15) is 48.0 Å². The number of amides is 1. The van der Waals surface area contributed by atoms with Crippen LogP contribution >= 0.6 is 0 Å². The monoisotopic (exact) mass is 561 g/mol. The largest absolute Gasteiger partial charge is 0.522 e. The van der Waals surface area contributed by atoms with Gasteiger partial charge < -0.3 is 19.4 Å². The zero-order valence-electron chi connectivity index (χ0n) is 20.6. The zero-order valence-corrected chi connectivity index (χ0v) is 20.6. The van der Waals surface area contributed by atoms with Crippen molar-refractivity contribution in [1.82, 2.24) is 14.9 Å². The Morgan fingerprint density at radius 3 is 2.46 bits per heavy atom. The Kier molecular flexibility index (Phi) is 6.90. The summed E-state index contributed by atoms with van der Waals surface area (Å²) in [7, 11) is 1.09. The number of fused-ring (bicyclic) bond motifs is 1. The topological polar surface area (TPSA) is 91.7 Å². The SMILES string of the molecule is COC(=O)c1cc(C(F)(F)F)ccc1-c1cn(C23CC(C2)C(NC(=O)CO[C@H]2C[C@@H](OC(F)(F)F)C2)C3)cn1. The van der Waals surface area contributed by atoms with Gasteiger partial charge in [-0.2, -0.15) is 13.2 Å². The maximum atomic E-state index is 13.2. The first kappa shape index (κ1) is 27.4. The van der Waals surface area contributed by atoms with E-state index in [1.54, 1.807) is 12.5 Å². The molecule has 212 valence electrons. The van der Waals surface area contributed by atoms with Crippen LogP contribution < -0.4 is 5.32 Å². The summed E-state index contributed by atoms with van der Waals surface area (Å²) < 4.78 is 92.0. The summed E-state index contributed by atoms with van der Waals surface area (Å²) in [5, 5.41) is 2.93. The molecule has 1 amide bonds. The summed E-state index contributed by atoms with van der Waals surface area (Å²) in [4.78, 5) is 29.0. The van der Waals surface area contributed by atoms with Gasteiger partial charge in [0.2, 0.25) is 5.91 Å². The molecule has 8 nitrogen and oxygen atoms in total. The van der Waals surface area contributed by atoms with E-state index in [-0.39, 0.29) is 54.0 Å². The van der Waals surface area contributed by atoms with Crippen molar-refractivity contribution in [3.8, 4) is 11.3 Å². The average Bonchev–Trinajstić information content (AvgIpc) is 3.51. The van der Waals surface area contributed by atoms with Gasteiger partial charge in [-0.15, -0.1) is 13.2 Å². The molecular weight excluding hydrogens is 536 g/mol. The van der Waals surface area contributed by atoms with Crippen LogP contribution in [0.2, 0.25) is 0 Å². The van der Waals surface area contributed by atoms with E-state index in [4.69, 9.17) is 4.74 Å². The van der Waals surface area contributed by atoms with Crippen LogP contribution in [-0.4, -0.2) is 59.8 Å². The van der Waals surface area contributed by atoms with Gasteiger partial charge in [-0.05, 0) is 37.3 Å². The van der Waals surface area contributed by atoms with Crippen molar-refractivity contribution < 1.29 is 50.1 Å². The average molecular weight is 561 g/mol. The predicted molar refractivity (Wildman–Crippen MR) is 121 cm³/mol. The van der Waals surface area contributed by atoms with Crippen molar-refractivity contribution in [3.63, 3.8) is 0 Å². The second-order valence-corrected chi connectivity index (χ2v) is 10.3. The van der Waals surface area contributed by atoms with E-state index < -0.39 is 36.3 Å². The number of halogens is 6. The third-order valence-corrected chi connectivity index (χ3v) is 7.76. The maximum absolute atomic E-state index is 13.2. The van der Waals surface area contributed by atoms with E-state index in [0.717, 1.165) is 32.1 Å². The molecule has 1 atom stereocenters. The first-order valence-corrected chi connectivity index (χ1v) is 12.3. The smallest absolute Gasteiger partial charge is 0.465 e. The molecule has 6 rings (SSSR count). The van der Waals surface area contributed by atoms with Crippen molar-refractivity contribution >= 4 is 11.9 Å². The Hall–Kier alpha value is -3.13. The number of alkyl halides is 6. The van der Waals surface area contributed by atoms with Gasteiger partial charge in [-0.1, -0.05) is 6.07 Å². The van der Waals surface area contributed by atoms with Crippen molar-refractivity contribution in [2.24, 2.45) is 5.92 Å². The summed E-state index contributed by atoms with van der Waals surface area (Å²) in [6, 6.07) is 2.69. The van der Waals surface area contributed by atoms with Crippen LogP contribution in [0.15, 0.2) is 30.7 Å². The molecular formula is C25H25F6N3O5. The highest BCUT2D eigenvalue weighted by atomic mass is 19.4. The first-order valence-electron chi connectivity index (χ1n) is 12.3. The molecule has 1 unspecified atom stereocenters. The van der Waals surface area contributed by atoms with Gasteiger partial charge in [0, 0.05) is 36.2 Å². The number of nitrogens with one attached hydrogen (secondary N) is 1. The third-order valence-electron chi connectivity index (χ3n) is 7.76. The van der Waals surface area contributed by atoms with Crippen LogP contribution in [0.5, 0.6) is 0 Å². The fraction of sp³-hybridized carbons (Fsp3) is 0.560. The Morgan fingerprint density at radius 1 is 1.10 bits per heavy atom. The number of carbonyl (C=O) groups is 2. The Labute approximate surface area is 218 Å². The number of rotatable bonds is 8. The molecule has 2 bridgehead atoms. The lowest BCUT2D eigenvalue weighted by molar-refractivity contribution is -0.357. The minimum atomic E-state index is -4.69. The van der Waals surface area contributed by atoms with Gasteiger partial charge in [0.05, 0.1) is 42.5 Å². The number of ether oxygens (including phenoxy) is 3.